The highest BCUT2D eigenvalue weighted by Crippen LogP contribution is 2.22. The van der Waals surface area contributed by atoms with Gasteiger partial charge in [0.2, 0.25) is 5.91 Å². The van der Waals surface area contributed by atoms with Crippen LogP contribution >= 0.6 is 0 Å². The van der Waals surface area contributed by atoms with Crippen LogP contribution < -0.4 is 21.0 Å². The van der Waals surface area contributed by atoms with Crippen LogP contribution in [-0.4, -0.2) is 43.3 Å². The molecule has 31 heavy (non-hydrogen) atoms. The predicted octanol–water partition coefficient (Wildman–Crippen LogP) is 0.526. The number of benzene rings is 2. The Kier molecular flexibility index (Phi) is 6.42. The van der Waals surface area contributed by atoms with E-state index >= 15 is 0 Å². The lowest BCUT2D eigenvalue weighted by Crippen LogP contribution is -2.31. The molecule has 0 bridgehead atoms. The molecule has 0 aliphatic rings. The highest BCUT2D eigenvalue weighted by atomic mass is 32.2. The summed E-state index contributed by atoms with van der Waals surface area (Å²) < 4.78 is 28.0. The Morgan fingerprint density at radius 2 is 1.77 bits per heavy atom. The number of carbonyl (C=O) groups is 2. The SMILES string of the molecule is C#CCNC(=O)CCNC(=O)c1ccccc1NS(=O)(=O)c1ccc2[nH]c(=O)[nH]c2c1. The number of rotatable bonds is 8. The highest BCUT2D eigenvalue weighted by molar-refractivity contribution is 7.92. The first-order valence-electron chi connectivity index (χ1n) is 9.12. The van der Waals surface area contributed by atoms with E-state index in [-0.39, 0.29) is 41.6 Å². The molecule has 0 saturated heterocycles. The quantitative estimate of drug-likeness (QED) is 0.323. The van der Waals surface area contributed by atoms with E-state index in [1.54, 1.807) is 12.1 Å². The number of sulfonamides is 1. The van der Waals surface area contributed by atoms with Crippen LogP contribution in [0.25, 0.3) is 11.0 Å². The molecule has 1 heterocycles. The fourth-order valence-electron chi connectivity index (χ4n) is 2.78. The number of amides is 2. The van der Waals surface area contributed by atoms with Crippen molar-refractivity contribution in [3.63, 3.8) is 0 Å². The Morgan fingerprint density at radius 3 is 2.55 bits per heavy atom. The summed E-state index contributed by atoms with van der Waals surface area (Å²) in [4.78, 5) is 40.4. The molecule has 11 heteroatoms. The molecule has 160 valence electrons. The monoisotopic (exact) mass is 441 g/mol. The van der Waals surface area contributed by atoms with E-state index in [4.69, 9.17) is 6.42 Å². The van der Waals surface area contributed by atoms with Crippen molar-refractivity contribution < 1.29 is 18.0 Å². The molecule has 3 aromatic rings. The largest absolute Gasteiger partial charge is 0.351 e. The lowest BCUT2D eigenvalue weighted by atomic mass is 10.1. The number of hydrogen-bond acceptors (Lipinski definition) is 5. The molecule has 0 aliphatic carbocycles. The topological polar surface area (TPSA) is 153 Å². The van der Waals surface area contributed by atoms with Crippen molar-refractivity contribution in [2.75, 3.05) is 17.8 Å². The van der Waals surface area contributed by atoms with Gasteiger partial charge in [-0.15, -0.1) is 6.42 Å². The maximum atomic E-state index is 12.8. The third kappa shape index (κ3) is 5.31. The molecule has 0 spiro atoms. The zero-order valence-electron chi connectivity index (χ0n) is 16.2. The van der Waals surface area contributed by atoms with Crippen molar-refractivity contribution in [3.8, 4) is 12.3 Å². The van der Waals surface area contributed by atoms with Crippen LogP contribution in [0.5, 0.6) is 0 Å². The van der Waals surface area contributed by atoms with Crippen LogP contribution in [0.2, 0.25) is 0 Å². The smallest absolute Gasteiger partial charge is 0.323 e. The maximum absolute atomic E-state index is 12.8. The van der Waals surface area contributed by atoms with Crippen LogP contribution in [0.3, 0.4) is 0 Å². The highest BCUT2D eigenvalue weighted by Gasteiger charge is 2.19. The zero-order chi connectivity index (χ0) is 22.4. The fourth-order valence-corrected chi connectivity index (χ4v) is 3.88. The molecule has 0 unspecified atom stereocenters. The lowest BCUT2D eigenvalue weighted by molar-refractivity contribution is -0.120. The predicted molar refractivity (Wildman–Crippen MR) is 115 cm³/mol. The molecular formula is C20H19N5O5S. The van der Waals surface area contributed by atoms with Crippen LogP contribution in [-0.2, 0) is 14.8 Å². The molecule has 2 aromatic carbocycles. The minimum atomic E-state index is -4.04. The Bertz CT molecular complexity index is 1330. The third-order valence-corrected chi connectivity index (χ3v) is 5.60. The number of imidazole rings is 1. The number of hydrogen-bond donors (Lipinski definition) is 5. The summed E-state index contributed by atoms with van der Waals surface area (Å²) in [6.45, 7) is 0.146. The van der Waals surface area contributed by atoms with E-state index in [1.807, 2.05) is 0 Å². The minimum absolute atomic E-state index is 0.0240. The summed E-state index contributed by atoms with van der Waals surface area (Å²) in [6.07, 6.45) is 5.08. The fraction of sp³-hybridized carbons (Fsp3) is 0.150. The second-order valence-corrected chi connectivity index (χ2v) is 8.11. The molecule has 0 radical (unpaired) electrons. The van der Waals surface area contributed by atoms with E-state index in [0.717, 1.165) is 0 Å². The zero-order valence-corrected chi connectivity index (χ0v) is 17.0. The number of nitrogens with one attached hydrogen (secondary N) is 5. The molecule has 0 aliphatic heterocycles. The number of H-pyrrole nitrogens is 2. The molecule has 3 rings (SSSR count). The first-order valence-corrected chi connectivity index (χ1v) is 10.6. The Labute approximate surface area is 177 Å². The maximum Gasteiger partial charge on any atom is 0.323 e. The van der Waals surface area contributed by atoms with Gasteiger partial charge in [0.25, 0.3) is 15.9 Å². The van der Waals surface area contributed by atoms with Gasteiger partial charge in [-0.2, -0.15) is 0 Å². The molecule has 0 saturated carbocycles. The first kappa shape index (κ1) is 21.7. The van der Waals surface area contributed by atoms with Gasteiger partial charge in [0.05, 0.1) is 33.7 Å². The number of para-hydroxylation sites is 1. The Morgan fingerprint density at radius 1 is 1.03 bits per heavy atom. The van der Waals surface area contributed by atoms with Crippen molar-refractivity contribution in [2.24, 2.45) is 0 Å². The minimum Gasteiger partial charge on any atom is -0.351 e. The van der Waals surface area contributed by atoms with Crippen molar-refractivity contribution in [2.45, 2.75) is 11.3 Å². The van der Waals surface area contributed by atoms with Crippen molar-refractivity contribution in [1.29, 1.82) is 0 Å². The van der Waals surface area contributed by atoms with E-state index in [9.17, 15) is 22.8 Å². The normalized spacial score (nSPS) is 10.9. The lowest BCUT2D eigenvalue weighted by Gasteiger charge is -2.13. The number of aromatic nitrogens is 2. The number of terminal acetylenes is 1. The molecule has 0 atom stereocenters. The Hall–Kier alpha value is -4.04. The molecule has 1 aromatic heterocycles. The van der Waals surface area contributed by atoms with Gasteiger partial charge in [-0.1, -0.05) is 18.1 Å². The number of aromatic amines is 2. The van der Waals surface area contributed by atoms with Crippen molar-refractivity contribution >= 4 is 38.6 Å². The van der Waals surface area contributed by atoms with Crippen molar-refractivity contribution in [1.82, 2.24) is 20.6 Å². The summed E-state index contributed by atoms with van der Waals surface area (Å²) in [6, 6.07) is 10.2. The van der Waals surface area contributed by atoms with Gasteiger partial charge in [-0.05, 0) is 30.3 Å². The number of anilines is 1. The van der Waals surface area contributed by atoms with Crippen LogP contribution in [0, 0.1) is 12.3 Å². The van der Waals surface area contributed by atoms with E-state index in [2.05, 4.69) is 31.2 Å². The Balaban J connectivity index is 1.74. The standard InChI is InChI=1S/C20H19N5O5S/c1-2-10-21-18(26)9-11-22-19(27)14-5-3-4-6-15(14)25-31(29,30)13-7-8-16-17(12-13)24-20(28)23-16/h1,3-8,12,25H,9-11H2,(H,21,26)(H,22,27)(H2,23,24,28). The van der Waals surface area contributed by atoms with E-state index in [0.29, 0.717) is 11.0 Å². The number of fused-ring (bicyclic) bond motifs is 1. The second-order valence-electron chi connectivity index (χ2n) is 6.42. The van der Waals surface area contributed by atoms with Gasteiger partial charge in [0.15, 0.2) is 0 Å². The second kappa shape index (κ2) is 9.19. The van der Waals surface area contributed by atoms with Gasteiger partial charge < -0.3 is 20.6 Å². The van der Waals surface area contributed by atoms with E-state index < -0.39 is 21.6 Å². The van der Waals surface area contributed by atoms with Crippen LogP contribution in [0.1, 0.15) is 16.8 Å². The molecule has 10 nitrogen and oxygen atoms in total. The molecule has 0 fully saturated rings. The van der Waals surface area contributed by atoms with Crippen LogP contribution in [0.15, 0.2) is 52.2 Å². The van der Waals surface area contributed by atoms with Gasteiger partial charge in [0, 0.05) is 13.0 Å². The van der Waals surface area contributed by atoms with Gasteiger partial charge >= 0.3 is 5.69 Å². The van der Waals surface area contributed by atoms with Gasteiger partial charge in [0.1, 0.15) is 0 Å². The average Bonchev–Trinajstić information content (AvgIpc) is 3.11. The van der Waals surface area contributed by atoms with Crippen LogP contribution in [0.4, 0.5) is 5.69 Å². The number of carbonyl (C=O) groups excluding carboxylic acids is 2. The average molecular weight is 441 g/mol. The summed E-state index contributed by atoms with van der Waals surface area (Å²) in [5.41, 5.74) is 0.509. The molecular weight excluding hydrogens is 422 g/mol. The summed E-state index contributed by atoms with van der Waals surface area (Å²) in [7, 11) is -4.04. The molecule has 2 amide bonds. The summed E-state index contributed by atoms with van der Waals surface area (Å²) >= 11 is 0. The molecule has 5 N–H and O–H groups in total. The third-order valence-electron chi connectivity index (χ3n) is 4.24. The van der Waals surface area contributed by atoms with Gasteiger partial charge in [-0.25, -0.2) is 13.2 Å². The summed E-state index contributed by atoms with van der Waals surface area (Å²) in [5, 5.41) is 5.05. The van der Waals surface area contributed by atoms with Gasteiger partial charge in [-0.3, -0.25) is 14.3 Å². The van der Waals surface area contributed by atoms with Crippen molar-refractivity contribution in [3.05, 3.63) is 58.5 Å². The van der Waals surface area contributed by atoms with E-state index in [1.165, 1.54) is 30.3 Å². The summed E-state index contributed by atoms with van der Waals surface area (Å²) in [5.74, 6) is 1.41. The first-order chi connectivity index (χ1) is 14.8.